The smallest absolute Gasteiger partial charge is 0.128 e. The third kappa shape index (κ3) is 18.8. The molecule has 23 nitrogen and oxygen atoms in total. The summed E-state index contributed by atoms with van der Waals surface area (Å²) in [5, 5.41) is 25.7. The van der Waals surface area contributed by atoms with Crippen molar-refractivity contribution in [2.75, 3.05) is 89.9 Å². The Morgan fingerprint density at radius 1 is 0.515 bits per heavy atom. The molecule has 101 heavy (non-hydrogen) atoms. The molecule has 1 atom stereocenters. The average molecular weight is 1370 g/mol. The second kappa shape index (κ2) is 35.3. The van der Waals surface area contributed by atoms with Crippen LogP contribution in [-0.2, 0) is 20.6 Å². The summed E-state index contributed by atoms with van der Waals surface area (Å²) in [5.41, 5.74) is 21.3. The number of fused-ring (bicyclic) bond motifs is 3. The number of hydrogen-bond donors (Lipinski definition) is 3. The van der Waals surface area contributed by atoms with Crippen LogP contribution >= 0.6 is 0 Å². The molecule has 0 fully saturated rings. The molecule has 0 aliphatic carbocycles. The summed E-state index contributed by atoms with van der Waals surface area (Å²) in [6.45, 7) is 5.47. The minimum Gasteiger partial charge on any atom is -0.497 e. The second-order valence-corrected chi connectivity index (χ2v) is 23.0. The van der Waals surface area contributed by atoms with Gasteiger partial charge in [-0.3, -0.25) is 29.4 Å². The standard InChI is InChI=1S/C29H30N6O2.C24H27N5O3.C21H21FN6O.3CH4/c1-34(20-21-7-5-4-6-8-21)11-12-35(24-13-25(36-2)16-26(14-24)37-3)23-9-10-27-28(15-23)33-29(19-30-27)22-17-31-32-18-22;1-5-19(30)15-29(18-8-20(31-3)11-21(9-18)32-4)17-6-7-22-23(10-17)27-24(13-25-22)16-12-26-28(2)14-16;1-27-13-14(11-25-27)21-12-24-19-4-3-16(10-20(19)26-21)28(6-5-23)17-7-15(22)8-18(9-17)29-2;;;/h4-10,13-19H,11-12,20H2,1-3H3,(H,31,32);6-14,19,30H,5,15H2,1-4H3;3-4,7-13H,5-6,23H2,1-2H3;3*1H4/i;;2D3;;;. The van der Waals surface area contributed by atoms with Crippen LogP contribution in [0.25, 0.3) is 66.9 Å². The number of aliphatic hydroxyl groups is 1. The minimum absolute atomic E-state index is 0. The Labute approximate surface area is 593 Å². The number of aromatic amines is 1. The van der Waals surface area contributed by atoms with E-state index in [1.54, 1.807) is 79.9 Å². The molecule has 13 aromatic rings. The number of nitrogens with zero attached hydrogens (tertiary/aromatic N) is 15. The van der Waals surface area contributed by atoms with Gasteiger partial charge in [0.2, 0.25) is 0 Å². The van der Waals surface area contributed by atoms with E-state index in [4.69, 9.17) is 48.5 Å². The Hall–Kier alpha value is -11.6. The number of nitrogens with two attached hydrogens (primary N) is 1. The number of halogens is 1. The molecule has 7 aromatic carbocycles. The molecule has 0 spiro atoms. The maximum Gasteiger partial charge on any atom is 0.128 e. The first-order valence-electron chi connectivity index (χ1n) is 33.0. The van der Waals surface area contributed by atoms with Crippen molar-refractivity contribution in [3.05, 3.63) is 207 Å². The predicted molar refractivity (Wildman–Crippen MR) is 402 cm³/mol. The summed E-state index contributed by atoms with van der Waals surface area (Å²) in [6, 6.07) is 43.4. The number of nitrogens with one attached hydrogen (secondary N) is 1. The topological polar surface area (TPSA) is 247 Å². The molecule has 0 bridgehead atoms. The number of H-pyrrole nitrogens is 1. The van der Waals surface area contributed by atoms with E-state index in [1.807, 2.05) is 129 Å². The molecule has 526 valence electrons. The summed E-state index contributed by atoms with van der Waals surface area (Å²) in [6.07, 6.45) is 16.1. The molecule has 24 heteroatoms. The highest BCUT2D eigenvalue weighted by molar-refractivity contribution is 5.85. The first kappa shape index (κ1) is 70.7. The number of aliphatic hydroxyl groups excluding tert-OH is 1. The van der Waals surface area contributed by atoms with Crippen molar-refractivity contribution in [2.45, 2.75) is 48.3 Å². The zero-order valence-electron chi connectivity index (χ0n) is 58.7. The lowest BCUT2D eigenvalue weighted by Gasteiger charge is -2.28. The molecule has 0 radical (unpaired) electrons. The summed E-state index contributed by atoms with van der Waals surface area (Å²) in [4.78, 5) is 36.4. The van der Waals surface area contributed by atoms with Gasteiger partial charge >= 0.3 is 0 Å². The number of benzene rings is 7. The fourth-order valence-electron chi connectivity index (χ4n) is 11.0. The molecule has 0 saturated carbocycles. The van der Waals surface area contributed by atoms with Crippen LogP contribution in [0.1, 0.15) is 45.3 Å². The Kier molecular flexibility index (Phi) is 24.7. The molecule has 6 heterocycles. The van der Waals surface area contributed by atoms with Crippen molar-refractivity contribution in [1.29, 1.82) is 0 Å². The number of aromatic nitrogens is 12. The summed E-state index contributed by atoms with van der Waals surface area (Å²) >= 11 is 0. The van der Waals surface area contributed by atoms with Crippen LogP contribution in [-0.4, -0.2) is 151 Å². The highest BCUT2D eigenvalue weighted by Crippen LogP contribution is 2.38. The number of likely N-dealkylation sites (N-methyl/N-ethyl adjacent to an activating group) is 1. The summed E-state index contributed by atoms with van der Waals surface area (Å²) < 4.78 is 66.5. The van der Waals surface area contributed by atoms with Gasteiger partial charge in [0.15, 0.2) is 0 Å². The van der Waals surface area contributed by atoms with Gasteiger partial charge in [0.25, 0.3) is 0 Å². The largest absolute Gasteiger partial charge is 0.497 e. The summed E-state index contributed by atoms with van der Waals surface area (Å²) in [5.74, 6) is 2.11. The van der Waals surface area contributed by atoms with Crippen LogP contribution in [0.15, 0.2) is 195 Å². The first-order valence-corrected chi connectivity index (χ1v) is 31.5. The van der Waals surface area contributed by atoms with E-state index in [0.717, 1.165) is 110 Å². The maximum absolute atomic E-state index is 14.3. The SMILES string of the molecule is C.C.C.CCC(O)CN(c1cc(OC)cc(OC)c1)c1ccc2ncc(-c3cnn(C)c3)nc2c1.COc1cc(OC)cc(N(CCN(C)Cc2ccccc2)c2ccc3ncc(-c4cn[nH]c4)nc3c2)c1.[2H]C([2H])([2H])Oc1cc(F)cc(N(CCN)c2ccc3ncc(-c4cnn(C)c4)nc3c2)c1. The number of methoxy groups -OCH3 is 5. The van der Waals surface area contributed by atoms with E-state index in [-0.39, 0.29) is 34.6 Å². The number of hydrogen-bond acceptors (Lipinski definition) is 20. The van der Waals surface area contributed by atoms with Gasteiger partial charge in [0.05, 0.1) is 133 Å². The van der Waals surface area contributed by atoms with E-state index in [0.29, 0.717) is 59.1 Å². The molecule has 13 rings (SSSR count). The normalized spacial score (nSPS) is 11.6. The Morgan fingerprint density at radius 3 is 1.39 bits per heavy atom. The molecule has 0 aliphatic heterocycles. The van der Waals surface area contributed by atoms with Crippen LogP contribution in [0.2, 0.25) is 0 Å². The molecular formula is C77H90FN17O6. The van der Waals surface area contributed by atoms with Crippen LogP contribution in [0, 0.1) is 5.82 Å². The van der Waals surface area contributed by atoms with Crippen molar-refractivity contribution >= 4 is 67.2 Å². The lowest BCUT2D eigenvalue weighted by molar-refractivity contribution is 0.178. The van der Waals surface area contributed by atoms with Crippen molar-refractivity contribution in [3.63, 3.8) is 0 Å². The van der Waals surface area contributed by atoms with Crippen LogP contribution in [0.4, 0.5) is 38.5 Å². The van der Waals surface area contributed by atoms with Crippen LogP contribution in [0.3, 0.4) is 0 Å². The number of rotatable bonds is 24. The van der Waals surface area contributed by atoms with Gasteiger partial charge in [0, 0.05) is 171 Å². The van der Waals surface area contributed by atoms with Gasteiger partial charge in [-0.1, -0.05) is 59.5 Å². The van der Waals surface area contributed by atoms with Crippen molar-refractivity contribution in [3.8, 4) is 62.5 Å². The Morgan fingerprint density at radius 2 is 0.960 bits per heavy atom. The van der Waals surface area contributed by atoms with Gasteiger partial charge in [-0.2, -0.15) is 15.3 Å². The predicted octanol–water partition coefficient (Wildman–Crippen LogP) is 14.4. The lowest BCUT2D eigenvalue weighted by Crippen LogP contribution is -2.30. The lowest BCUT2D eigenvalue weighted by atomic mass is 10.1. The third-order valence-corrected chi connectivity index (χ3v) is 16.1. The zero-order chi connectivity index (χ0) is 71.2. The molecule has 6 aromatic heterocycles. The van der Waals surface area contributed by atoms with Gasteiger partial charge < -0.3 is 54.1 Å². The molecule has 0 aliphatic rings. The minimum atomic E-state index is -2.69. The molecule has 0 amide bonds. The number of ether oxygens (including phenoxy) is 5. The number of anilines is 6. The van der Waals surface area contributed by atoms with Gasteiger partial charge in [-0.15, -0.1) is 0 Å². The molecule has 4 N–H and O–H groups in total. The van der Waals surface area contributed by atoms with E-state index in [1.165, 1.54) is 17.7 Å². The third-order valence-electron chi connectivity index (χ3n) is 16.1. The monoisotopic (exact) mass is 1370 g/mol. The maximum atomic E-state index is 14.3. The first-order chi connectivity index (χ1) is 48.8. The summed E-state index contributed by atoms with van der Waals surface area (Å²) in [7, 11) is 9.72. The van der Waals surface area contributed by atoms with E-state index in [2.05, 4.69) is 88.6 Å². The molecule has 0 saturated heterocycles. The second-order valence-electron chi connectivity index (χ2n) is 23.0. The van der Waals surface area contributed by atoms with Crippen molar-refractivity contribution in [2.24, 2.45) is 19.8 Å². The number of aryl methyl sites for hydroxylation is 2. The fourth-order valence-corrected chi connectivity index (χ4v) is 11.0. The van der Waals surface area contributed by atoms with Gasteiger partial charge in [0.1, 0.15) is 34.6 Å². The van der Waals surface area contributed by atoms with Gasteiger partial charge in [-0.25, -0.2) is 19.3 Å². The quantitative estimate of drug-likeness (QED) is 0.0509. The van der Waals surface area contributed by atoms with E-state index >= 15 is 0 Å². The Balaban J connectivity index is 0.000000195. The fraction of sp³-hybridized carbons (Fsp3) is 0.260. The molecule has 1 unspecified atom stereocenters. The van der Waals surface area contributed by atoms with Crippen LogP contribution in [0.5, 0.6) is 28.7 Å². The molecular weight excluding hydrogens is 1280 g/mol. The highest BCUT2D eigenvalue weighted by atomic mass is 19.1. The van der Waals surface area contributed by atoms with Crippen LogP contribution < -0.4 is 44.1 Å². The van der Waals surface area contributed by atoms with Gasteiger partial charge in [-0.05, 0) is 79.7 Å². The highest BCUT2D eigenvalue weighted by Gasteiger charge is 2.20. The van der Waals surface area contributed by atoms with Crippen molar-refractivity contribution < 1.29 is 37.3 Å². The van der Waals surface area contributed by atoms with E-state index < -0.39 is 19.0 Å². The Bertz CT molecular complexity index is 4870. The zero-order valence-corrected chi connectivity index (χ0v) is 55.7. The van der Waals surface area contributed by atoms with Crippen molar-refractivity contribution in [1.82, 2.24) is 64.6 Å². The van der Waals surface area contributed by atoms with E-state index in [9.17, 15) is 9.50 Å². The average Bonchev–Trinajstić information content (AvgIpc) is 1.09.